The van der Waals surface area contributed by atoms with E-state index in [1.54, 1.807) is 0 Å². The van der Waals surface area contributed by atoms with Gasteiger partial charge in [-0.1, -0.05) is 6.42 Å². The Balaban J connectivity index is 1.79. The summed E-state index contributed by atoms with van der Waals surface area (Å²) in [6, 6.07) is 0. The monoisotopic (exact) mass is 183 g/mol. The van der Waals surface area contributed by atoms with Gasteiger partial charge in [-0.25, -0.2) is 0 Å². The average Bonchev–Trinajstić information content (AvgIpc) is 2.76. The van der Waals surface area contributed by atoms with Crippen LogP contribution in [0.1, 0.15) is 32.1 Å². The van der Waals surface area contributed by atoms with E-state index in [0.29, 0.717) is 12.5 Å². The van der Waals surface area contributed by atoms with Crippen LogP contribution in [0.25, 0.3) is 0 Å². The quantitative estimate of drug-likeness (QED) is 0.716. The van der Waals surface area contributed by atoms with Gasteiger partial charge in [-0.05, 0) is 50.6 Å². The van der Waals surface area contributed by atoms with Crippen LogP contribution >= 0.6 is 0 Å². The molecule has 1 aliphatic carbocycles. The number of aliphatic hydroxyl groups excluding tert-OH is 1. The SMILES string of the molecule is OCC1CCCC1CN1CCCC1. The minimum absolute atomic E-state index is 0.415. The van der Waals surface area contributed by atoms with Crippen LogP contribution in [-0.2, 0) is 0 Å². The molecule has 2 heteroatoms. The van der Waals surface area contributed by atoms with E-state index in [1.165, 1.54) is 51.7 Å². The fraction of sp³-hybridized carbons (Fsp3) is 1.00. The van der Waals surface area contributed by atoms with Gasteiger partial charge in [0.05, 0.1) is 0 Å². The van der Waals surface area contributed by atoms with Crippen LogP contribution in [0.5, 0.6) is 0 Å². The zero-order valence-electron chi connectivity index (χ0n) is 8.41. The van der Waals surface area contributed by atoms with Crippen molar-refractivity contribution in [3.05, 3.63) is 0 Å². The van der Waals surface area contributed by atoms with E-state index in [4.69, 9.17) is 0 Å². The van der Waals surface area contributed by atoms with Crippen molar-refractivity contribution in [1.29, 1.82) is 0 Å². The van der Waals surface area contributed by atoms with E-state index in [0.717, 1.165) is 5.92 Å². The summed E-state index contributed by atoms with van der Waals surface area (Å²) >= 11 is 0. The number of hydrogen-bond acceptors (Lipinski definition) is 2. The van der Waals surface area contributed by atoms with Gasteiger partial charge < -0.3 is 10.0 Å². The van der Waals surface area contributed by atoms with E-state index in [1.807, 2.05) is 0 Å². The molecule has 2 atom stereocenters. The summed E-state index contributed by atoms with van der Waals surface area (Å²) in [5.74, 6) is 1.41. The summed E-state index contributed by atoms with van der Waals surface area (Å²) in [5.41, 5.74) is 0. The molecule has 0 bridgehead atoms. The fourth-order valence-electron chi connectivity index (χ4n) is 2.89. The van der Waals surface area contributed by atoms with Crippen LogP contribution in [0.3, 0.4) is 0 Å². The Morgan fingerprint density at radius 2 is 1.69 bits per heavy atom. The van der Waals surface area contributed by atoms with Crippen LogP contribution in [-0.4, -0.2) is 36.2 Å². The van der Waals surface area contributed by atoms with Crippen LogP contribution in [0, 0.1) is 11.8 Å². The molecule has 13 heavy (non-hydrogen) atoms. The Hall–Kier alpha value is -0.0800. The van der Waals surface area contributed by atoms with E-state index in [2.05, 4.69) is 4.90 Å². The van der Waals surface area contributed by atoms with Crippen molar-refractivity contribution in [3.8, 4) is 0 Å². The van der Waals surface area contributed by atoms with Gasteiger partial charge in [-0.15, -0.1) is 0 Å². The highest BCUT2D eigenvalue weighted by Crippen LogP contribution is 2.32. The van der Waals surface area contributed by atoms with Crippen molar-refractivity contribution in [2.24, 2.45) is 11.8 Å². The Morgan fingerprint density at radius 1 is 1.00 bits per heavy atom. The molecule has 1 heterocycles. The lowest BCUT2D eigenvalue weighted by Crippen LogP contribution is -2.29. The van der Waals surface area contributed by atoms with Crippen molar-refractivity contribution in [2.45, 2.75) is 32.1 Å². The van der Waals surface area contributed by atoms with Crippen molar-refractivity contribution in [2.75, 3.05) is 26.2 Å². The first-order valence-electron chi connectivity index (χ1n) is 5.73. The molecule has 2 aliphatic rings. The third kappa shape index (κ3) is 2.23. The maximum atomic E-state index is 9.19. The van der Waals surface area contributed by atoms with Crippen LogP contribution in [0.4, 0.5) is 0 Å². The lowest BCUT2D eigenvalue weighted by atomic mass is 9.96. The van der Waals surface area contributed by atoms with Gasteiger partial charge >= 0.3 is 0 Å². The van der Waals surface area contributed by atoms with Gasteiger partial charge in [-0.2, -0.15) is 0 Å². The molecule has 2 nitrogen and oxygen atoms in total. The summed E-state index contributed by atoms with van der Waals surface area (Å²) in [7, 11) is 0. The zero-order chi connectivity index (χ0) is 9.10. The second-order valence-corrected chi connectivity index (χ2v) is 4.64. The van der Waals surface area contributed by atoms with E-state index >= 15 is 0 Å². The van der Waals surface area contributed by atoms with E-state index in [-0.39, 0.29) is 0 Å². The summed E-state index contributed by atoms with van der Waals surface area (Å²) in [5, 5.41) is 9.19. The molecule has 0 aromatic heterocycles. The molecule has 1 saturated carbocycles. The Bertz CT molecular complexity index is 154. The van der Waals surface area contributed by atoms with Gasteiger partial charge in [0.25, 0.3) is 0 Å². The van der Waals surface area contributed by atoms with Crippen molar-refractivity contribution >= 4 is 0 Å². The summed E-state index contributed by atoms with van der Waals surface area (Å²) < 4.78 is 0. The maximum absolute atomic E-state index is 9.19. The predicted octanol–water partition coefficient (Wildman–Crippen LogP) is 1.49. The maximum Gasteiger partial charge on any atom is 0.0462 e. The van der Waals surface area contributed by atoms with Crippen molar-refractivity contribution in [3.63, 3.8) is 0 Å². The topological polar surface area (TPSA) is 23.5 Å². The number of hydrogen-bond donors (Lipinski definition) is 1. The molecule has 2 rings (SSSR count). The predicted molar refractivity (Wildman–Crippen MR) is 53.6 cm³/mol. The summed E-state index contributed by atoms with van der Waals surface area (Å²) in [4.78, 5) is 2.58. The first-order chi connectivity index (χ1) is 6.40. The molecule has 2 unspecified atom stereocenters. The average molecular weight is 183 g/mol. The van der Waals surface area contributed by atoms with Crippen LogP contribution in [0.2, 0.25) is 0 Å². The third-order valence-corrected chi connectivity index (χ3v) is 3.74. The largest absolute Gasteiger partial charge is 0.396 e. The highest BCUT2D eigenvalue weighted by Gasteiger charge is 2.28. The molecule has 0 aromatic rings. The Labute approximate surface area is 80.9 Å². The van der Waals surface area contributed by atoms with Gasteiger partial charge in [0.15, 0.2) is 0 Å². The number of rotatable bonds is 3. The highest BCUT2D eigenvalue weighted by atomic mass is 16.3. The molecule has 0 radical (unpaired) electrons. The molecule has 0 aromatic carbocycles. The smallest absolute Gasteiger partial charge is 0.0462 e. The van der Waals surface area contributed by atoms with Gasteiger partial charge in [0.1, 0.15) is 0 Å². The van der Waals surface area contributed by atoms with Gasteiger partial charge in [-0.3, -0.25) is 0 Å². The molecule has 76 valence electrons. The lowest BCUT2D eigenvalue weighted by molar-refractivity contribution is 0.164. The summed E-state index contributed by atoms with van der Waals surface area (Å²) in [6.07, 6.45) is 6.72. The molecule has 1 N–H and O–H groups in total. The van der Waals surface area contributed by atoms with Gasteiger partial charge in [0, 0.05) is 13.2 Å². The standard InChI is InChI=1S/C11H21NO/c13-9-11-5-3-4-10(11)8-12-6-1-2-7-12/h10-11,13H,1-9H2. The van der Waals surface area contributed by atoms with Crippen molar-refractivity contribution < 1.29 is 5.11 Å². The number of aliphatic hydroxyl groups is 1. The fourth-order valence-corrected chi connectivity index (χ4v) is 2.89. The molecule has 1 aliphatic heterocycles. The molecule has 1 saturated heterocycles. The summed E-state index contributed by atoms with van der Waals surface area (Å²) in [6.45, 7) is 4.27. The van der Waals surface area contributed by atoms with Gasteiger partial charge in [0.2, 0.25) is 0 Å². The normalized spacial score (nSPS) is 35.8. The number of nitrogens with zero attached hydrogens (tertiary/aromatic N) is 1. The van der Waals surface area contributed by atoms with E-state index in [9.17, 15) is 5.11 Å². The first-order valence-corrected chi connectivity index (χ1v) is 5.73. The third-order valence-electron chi connectivity index (χ3n) is 3.74. The zero-order valence-corrected chi connectivity index (χ0v) is 8.41. The second-order valence-electron chi connectivity index (χ2n) is 4.64. The first kappa shape index (κ1) is 9.47. The highest BCUT2D eigenvalue weighted by molar-refractivity contribution is 4.81. The molecule has 2 fully saturated rings. The lowest BCUT2D eigenvalue weighted by Gasteiger charge is -2.23. The Morgan fingerprint density at radius 3 is 2.38 bits per heavy atom. The molecule has 0 amide bonds. The van der Waals surface area contributed by atoms with Crippen molar-refractivity contribution in [1.82, 2.24) is 4.90 Å². The molecular weight excluding hydrogens is 162 g/mol. The minimum Gasteiger partial charge on any atom is -0.396 e. The molecule has 0 spiro atoms. The Kier molecular flexibility index (Phi) is 3.23. The number of likely N-dealkylation sites (tertiary alicyclic amines) is 1. The van der Waals surface area contributed by atoms with Crippen LogP contribution < -0.4 is 0 Å². The van der Waals surface area contributed by atoms with Crippen LogP contribution in [0.15, 0.2) is 0 Å². The van der Waals surface area contributed by atoms with E-state index < -0.39 is 0 Å². The minimum atomic E-state index is 0.415. The molecular formula is C11H21NO. The second kappa shape index (κ2) is 4.43.